The van der Waals surface area contributed by atoms with Gasteiger partial charge in [-0.15, -0.1) is 0 Å². The molecule has 0 spiro atoms. The van der Waals surface area contributed by atoms with E-state index in [0.29, 0.717) is 22.7 Å². The van der Waals surface area contributed by atoms with Gasteiger partial charge in [-0.1, -0.05) is 29.3 Å². The van der Waals surface area contributed by atoms with Crippen molar-refractivity contribution in [3.05, 3.63) is 116 Å². The summed E-state index contributed by atoms with van der Waals surface area (Å²) in [5, 5.41) is 3.14. The Morgan fingerprint density at radius 1 is 1.02 bits per heavy atom. The van der Waals surface area contributed by atoms with Crippen molar-refractivity contribution in [1.29, 1.82) is 0 Å². The number of carbonyl (C=O) groups is 2. The van der Waals surface area contributed by atoms with Crippen LogP contribution in [-0.2, 0) is 17.8 Å². The van der Waals surface area contributed by atoms with E-state index in [-0.39, 0.29) is 38.9 Å². The monoisotopic (exact) mass is 614 g/mol. The van der Waals surface area contributed by atoms with Gasteiger partial charge in [-0.3, -0.25) is 14.2 Å². The molecule has 0 radical (unpaired) electrons. The van der Waals surface area contributed by atoms with Crippen LogP contribution in [0.15, 0.2) is 65.8 Å². The predicted molar refractivity (Wildman–Crippen MR) is 149 cm³/mol. The standard InChI is InChI=1S/C28H19Cl2F3N6O3/c29-19-8-22-24(9-20(19)30)39(28(42)38-22)11-25(40)37-23(5-13-3-15(31)7-16(32)4-13)26-18(10-35-12-36-26)14-1-2-21(33)17(6-14)27(34)41/h1-4,6-10,12,23H,5,11H2,(H2,34,41)(H,37,40)(H,38,42)/t23-/m0/s1. The highest BCUT2D eigenvalue weighted by atomic mass is 35.5. The number of nitrogens with zero attached hydrogens (tertiary/aromatic N) is 3. The topological polar surface area (TPSA) is 136 Å². The number of aromatic amines is 1. The van der Waals surface area contributed by atoms with Crippen molar-refractivity contribution in [1.82, 2.24) is 24.8 Å². The van der Waals surface area contributed by atoms with Gasteiger partial charge in [-0.2, -0.15) is 0 Å². The van der Waals surface area contributed by atoms with Gasteiger partial charge in [0.25, 0.3) is 5.91 Å². The summed E-state index contributed by atoms with van der Waals surface area (Å²) >= 11 is 12.1. The number of benzene rings is 3. The molecular formula is C28H19Cl2F3N6O3. The maximum atomic E-state index is 14.2. The number of rotatable bonds is 8. The molecule has 0 aliphatic heterocycles. The number of aromatic nitrogens is 4. The third-order valence-corrected chi connectivity index (χ3v) is 7.15. The number of hydrogen-bond donors (Lipinski definition) is 3. The Kier molecular flexibility index (Phi) is 8.01. The van der Waals surface area contributed by atoms with Crippen molar-refractivity contribution >= 4 is 46.0 Å². The first-order valence-corrected chi connectivity index (χ1v) is 13.0. The van der Waals surface area contributed by atoms with Crippen LogP contribution in [0.5, 0.6) is 0 Å². The first kappa shape index (κ1) is 28.8. The van der Waals surface area contributed by atoms with Gasteiger partial charge in [0.1, 0.15) is 30.3 Å². The molecule has 5 aromatic rings. The fourth-order valence-corrected chi connectivity index (χ4v) is 4.92. The summed E-state index contributed by atoms with van der Waals surface area (Å²) in [4.78, 5) is 48.7. The lowest BCUT2D eigenvalue weighted by Gasteiger charge is -2.21. The number of nitrogens with one attached hydrogen (secondary N) is 2. The summed E-state index contributed by atoms with van der Waals surface area (Å²) in [6.07, 6.45) is 2.43. The van der Waals surface area contributed by atoms with E-state index in [1.165, 1.54) is 36.8 Å². The molecule has 2 heterocycles. The van der Waals surface area contributed by atoms with Crippen molar-refractivity contribution in [2.24, 2.45) is 5.73 Å². The Morgan fingerprint density at radius 2 is 1.74 bits per heavy atom. The first-order chi connectivity index (χ1) is 20.0. The van der Waals surface area contributed by atoms with Crippen molar-refractivity contribution in [2.75, 3.05) is 0 Å². The van der Waals surface area contributed by atoms with Gasteiger partial charge in [0, 0.05) is 17.8 Å². The van der Waals surface area contributed by atoms with E-state index in [2.05, 4.69) is 20.3 Å². The largest absolute Gasteiger partial charge is 0.366 e. The Morgan fingerprint density at radius 3 is 2.45 bits per heavy atom. The Bertz CT molecular complexity index is 1910. The first-order valence-electron chi connectivity index (χ1n) is 12.2. The van der Waals surface area contributed by atoms with Crippen LogP contribution in [-0.4, -0.2) is 31.3 Å². The van der Waals surface area contributed by atoms with E-state index < -0.39 is 47.5 Å². The lowest BCUT2D eigenvalue weighted by Crippen LogP contribution is -2.35. The smallest absolute Gasteiger partial charge is 0.326 e. The highest BCUT2D eigenvalue weighted by Gasteiger charge is 2.24. The van der Waals surface area contributed by atoms with Crippen LogP contribution in [0.4, 0.5) is 13.2 Å². The van der Waals surface area contributed by atoms with E-state index >= 15 is 0 Å². The molecular weight excluding hydrogens is 596 g/mol. The Hall–Kier alpha value is -4.68. The number of imidazole rings is 1. The van der Waals surface area contributed by atoms with Crippen molar-refractivity contribution in [3.63, 3.8) is 0 Å². The SMILES string of the molecule is NC(=O)c1cc(-c2cncnc2[C@H](Cc2cc(F)cc(F)c2)NC(=O)Cn2c(=O)[nH]c3cc(Cl)c(Cl)cc32)ccc1F. The molecule has 2 amide bonds. The molecule has 2 aromatic heterocycles. The summed E-state index contributed by atoms with van der Waals surface area (Å²) < 4.78 is 43.5. The highest BCUT2D eigenvalue weighted by Crippen LogP contribution is 2.30. The second-order valence-corrected chi connectivity index (χ2v) is 10.1. The zero-order chi connectivity index (χ0) is 30.1. The molecule has 214 valence electrons. The number of primary amides is 1. The third-order valence-electron chi connectivity index (χ3n) is 6.43. The number of hydrogen-bond acceptors (Lipinski definition) is 5. The van der Waals surface area contributed by atoms with Crippen LogP contribution < -0.4 is 16.7 Å². The minimum Gasteiger partial charge on any atom is -0.366 e. The fraction of sp³-hybridized carbons (Fsp3) is 0.107. The maximum Gasteiger partial charge on any atom is 0.326 e. The molecule has 4 N–H and O–H groups in total. The number of H-pyrrole nitrogens is 1. The Labute approximate surface area is 245 Å². The van der Waals surface area contributed by atoms with Crippen molar-refractivity contribution < 1.29 is 22.8 Å². The van der Waals surface area contributed by atoms with Gasteiger partial charge in [-0.05, 0) is 53.9 Å². The lowest BCUT2D eigenvalue weighted by molar-refractivity contribution is -0.122. The van der Waals surface area contributed by atoms with Crippen molar-refractivity contribution in [3.8, 4) is 11.1 Å². The fourth-order valence-electron chi connectivity index (χ4n) is 4.59. The summed E-state index contributed by atoms with van der Waals surface area (Å²) in [5.74, 6) is -4.16. The molecule has 0 bridgehead atoms. The molecule has 0 unspecified atom stereocenters. The summed E-state index contributed by atoms with van der Waals surface area (Å²) in [6.45, 7) is -0.465. The van der Waals surface area contributed by atoms with Crippen LogP contribution >= 0.6 is 23.2 Å². The molecule has 0 aliphatic rings. The summed E-state index contributed by atoms with van der Waals surface area (Å²) in [7, 11) is 0. The normalized spacial score (nSPS) is 11.9. The van der Waals surface area contributed by atoms with E-state index in [0.717, 1.165) is 22.8 Å². The van der Waals surface area contributed by atoms with Crippen LogP contribution in [0, 0.1) is 17.5 Å². The minimum atomic E-state index is -1.03. The quantitative estimate of drug-likeness (QED) is 0.233. The van der Waals surface area contributed by atoms with Gasteiger partial charge >= 0.3 is 5.69 Å². The molecule has 0 saturated carbocycles. The zero-order valence-electron chi connectivity index (χ0n) is 21.3. The summed E-state index contributed by atoms with van der Waals surface area (Å²) in [6, 6.07) is 8.38. The molecule has 0 aliphatic carbocycles. The van der Waals surface area contributed by atoms with Gasteiger partial charge in [0.2, 0.25) is 5.91 Å². The molecule has 42 heavy (non-hydrogen) atoms. The average Bonchev–Trinajstić information content (AvgIpc) is 3.21. The van der Waals surface area contributed by atoms with E-state index in [9.17, 15) is 27.6 Å². The third kappa shape index (κ3) is 5.99. The van der Waals surface area contributed by atoms with E-state index in [4.69, 9.17) is 28.9 Å². The van der Waals surface area contributed by atoms with Crippen LogP contribution in [0.2, 0.25) is 10.0 Å². The number of fused-ring (bicyclic) bond motifs is 1. The molecule has 3 aromatic carbocycles. The Balaban J connectivity index is 1.55. The lowest BCUT2D eigenvalue weighted by atomic mass is 9.95. The van der Waals surface area contributed by atoms with Crippen molar-refractivity contribution in [2.45, 2.75) is 19.0 Å². The second kappa shape index (κ2) is 11.7. The number of nitrogens with two attached hydrogens (primary N) is 1. The predicted octanol–water partition coefficient (Wildman–Crippen LogP) is 4.71. The minimum absolute atomic E-state index is 0.140. The number of amides is 2. The average molecular weight is 615 g/mol. The number of carbonyl (C=O) groups excluding carboxylic acids is 2. The summed E-state index contributed by atoms with van der Waals surface area (Å²) in [5.41, 5.74) is 5.95. The molecule has 0 saturated heterocycles. The molecule has 5 rings (SSSR count). The van der Waals surface area contributed by atoms with Gasteiger partial charge in [-0.25, -0.2) is 27.9 Å². The van der Waals surface area contributed by atoms with Crippen LogP contribution in [0.3, 0.4) is 0 Å². The highest BCUT2D eigenvalue weighted by molar-refractivity contribution is 6.42. The molecule has 14 heteroatoms. The molecule has 0 fully saturated rings. The maximum absolute atomic E-state index is 14.2. The van der Waals surface area contributed by atoms with Crippen LogP contribution in [0.1, 0.15) is 27.7 Å². The second-order valence-electron chi connectivity index (χ2n) is 9.28. The van der Waals surface area contributed by atoms with Gasteiger partial charge in [0.05, 0.1) is 38.4 Å². The van der Waals surface area contributed by atoms with E-state index in [1.54, 1.807) is 0 Å². The number of halogens is 5. The van der Waals surface area contributed by atoms with Crippen LogP contribution in [0.25, 0.3) is 22.2 Å². The molecule has 9 nitrogen and oxygen atoms in total. The van der Waals surface area contributed by atoms with E-state index in [1.807, 2.05) is 0 Å². The van der Waals surface area contributed by atoms with Gasteiger partial charge in [0.15, 0.2) is 0 Å². The van der Waals surface area contributed by atoms with Gasteiger partial charge < -0.3 is 16.0 Å². The zero-order valence-corrected chi connectivity index (χ0v) is 22.8. The molecule has 1 atom stereocenters.